The number of piperazine rings is 1. The molecular weight excluding hydrogens is 455 g/mol. The molecule has 0 aliphatic carbocycles. The Morgan fingerprint density at radius 3 is 2.06 bits per heavy atom. The summed E-state index contributed by atoms with van der Waals surface area (Å²) in [4.78, 5) is 14.6. The first-order valence-corrected chi connectivity index (χ1v) is 12.4. The number of nitrogens with zero attached hydrogens (tertiary/aromatic N) is 2. The summed E-state index contributed by atoms with van der Waals surface area (Å²) in [6.45, 7) is 0.446. The van der Waals surface area contributed by atoms with E-state index >= 15 is 0 Å². The van der Waals surface area contributed by atoms with Crippen LogP contribution in [0.15, 0.2) is 90.3 Å². The van der Waals surface area contributed by atoms with Crippen LogP contribution in [0, 0.1) is 5.82 Å². The highest BCUT2D eigenvalue weighted by Crippen LogP contribution is 2.46. The van der Waals surface area contributed by atoms with Crippen molar-refractivity contribution in [2.24, 2.45) is 0 Å². The molecule has 1 amide bonds. The molecule has 1 atom stereocenters. The van der Waals surface area contributed by atoms with Crippen LogP contribution < -0.4 is 0 Å². The number of fused-ring (bicyclic) bond motifs is 1. The minimum atomic E-state index is -3.80. The minimum Gasteiger partial charge on any atom is -0.431 e. The molecule has 3 aromatic carbocycles. The molecular formula is C26H23FN2O4S. The Morgan fingerprint density at radius 2 is 1.47 bits per heavy atom. The van der Waals surface area contributed by atoms with Crippen LogP contribution in [-0.2, 0) is 20.4 Å². The van der Waals surface area contributed by atoms with E-state index in [1.165, 1.54) is 34.6 Å². The predicted molar refractivity (Wildman–Crippen MR) is 127 cm³/mol. The highest BCUT2D eigenvalue weighted by Gasteiger charge is 2.58. The van der Waals surface area contributed by atoms with Gasteiger partial charge in [-0.3, -0.25) is 4.90 Å². The number of hydrogen-bond acceptors (Lipinski definition) is 4. The van der Waals surface area contributed by atoms with Gasteiger partial charge in [-0.1, -0.05) is 72.8 Å². The van der Waals surface area contributed by atoms with E-state index in [4.69, 9.17) is 4.74 Å². The van der Waals surface area contributed by atoms with Crippen molar-refractivity contribution in [2.45, 2.75) is 11.6 Å². The van der Waals surface area contributed by atoms with E-state index in [1.807, 2.05) is 60.7 Å². The van der Waals surface area contributed by atoms with Gasteiger partial charge in [-0.25, -0.2) is 17.6 Å². The second-order valence-electron chi connectivity index (χ2n) is 8.30. The van der Waals surface area contributed by atoms with Crippen molar-refractivity contribution in [1.82, 2.24) is 9.21 Å². The van der Waals surface area contributed by atoms with Crippen molar-refractivity contribution in [3.63, 3.8) is 0 Å². The summed E-state index contributed by atoms with van der Waals surface area (Å²) in [5.41, 5.74) is 0.992. The molecule has 0 N–H and O–H groups in total. The van der Waals surface area contributed by atoms with Crippen LogP contribution in [0.5, 0.6) is 0 Å². The SMILES string of the molecule is O=C1OC(c2ccccc2)(c2ccccc2)C2CN(S(=O)(=O)/C=C/c3ccc(F)cc3)CCN12. The normalized spacial score (nSPS) is 20.3. The van der Waals surface area contributed by atoms with Crippen LogP contribution in [-0.4, -0.2) is 49.4 Å². The van der Waals surface area contributed by atoms with Crippen molar-refractivity contribution < 1.29 is 22.3 Å². The summed E-state index contributed by atoms with van der Waals surface area (Å²) in [5, 5.41) is 1.13. The largest absolute Gasteiger partial charge is 0.431 e. The van der Waals surface area contributed by atoms with Gasteiger partial charge in [0, 0.05) is 36.2 Å². The van der Waals surface area contributed by atoms with E-state index in [2.05, 4.69) is 0 Å². The van der Waals surface area contributed by atoms with E-state index in [1.54, 1.807) is 4.90 Å². The molecule has 0 bridgehead atoms. The fourth-order valence-corrected chi connectivity index (χ4v) is 5.87. The Hall–Kier alpha value is -3.49. The van der Waals surface area contributed by atoms with Gasteiger partial charge in [0.15, 0.2) is 5.60 Å². The molecule has 8 heteroatoms. The Labute approximate surface area is 197 Å². The maximum Gasteiger partial charge on any atom is 0.411 e. The smallest absolute Gasteiger partial charge is 0.411 e. The lowest BCUT2D eigenvalue weighted by Crippen LogP contribution is -2.58. The lowest BCUT2D eigenvalue weighted by atomic mass is 9.79. The van der Waals surface area contributed by atoms with Crippen LogP contribution >= 0.6 is 0 Å². The van der Waals surface area contributed by atoms with Crippen molar-refractivity contribution >= 4 is 22.2 Å². The Bertz CT molecular complexity index is 1270. The van der Waals surface area contributed by atoms with Gasteiger partial charge in [-0.05, 0) is 23.8 Å². The molecule has 0 aromatic heterocycles. The van der Waals surface area contributed by atoms with E-state index in [9.17, 15) is 17.6 Å². The van der Waals surface area contributed by atoms with Gasteiger partial charge in [-0.2, -0.15) is 4.31 Å². The third kappa shape index (κ3) is 3.89. The summed E-state index contributed by atoms with van der Waals surface area (Å²) >= 11 is 0. The van der Waals surface area contributed by atoms with Gasteiger partial charge in [-0.15, -0.1) is 0 Å². The number of sulfonamides is 1. The fourth-order valence-electron chi connectivity index (χ4n) is 4.69. The Kier molecular flexibility index (Phi) is 5.71. The standard InChI is InChI=1S/C26H23FN2O4S/c27-23-13-11-20(12-14-23)15-18-34(31,32)28-16-17-29-24(19-28)26(33-25(29)30,21-7-3-1-4-8-21)22-9-5-2-6-10-22/h1-15,18,24H,16-17,19H2/b18-15+. The number of cyclic esters (lactones) is 1. The number of amides is 1. The molecule has 6 nitrogen and oxygen atoms in total. The van der Waals surface area contributed by atoms with Crippen LogP contribution in [0.25, 0.3) is 6.08 Å². The van der Waals surface area contributed by atoms with E-state index in [-0.39, 0.29) is 25.5 Å². The molecule has 1 unspecified atom stereocenters. The molecule has 5 rings (SSSR count). The predicted octanol–water partition coefficient (Wildman–Crippen LogP) is 4.21. The highest BCUT2D eigenvalue weighted by atomic mass is 32.2. The van der Waals surface area contributed by atoms with Crippen molar-refractivity contribution in [2.75, 3.05) is 19.6 Å². The summed E-state index contributed by atoms with van der Waals surface area (Å²) in [5.74, 6) is -0.389. The molecule has 0 radical (unpaired) electrons. The number of halogens is 1. The quantitative estimate of drug-likeness (QED) is 0.551. The van der Waals surface area contributed by atoms with Crippen LogP contribution in [0.4, 0.5) is 9.18 Å². The van der Waals surface area contributed by atoms with E-state index in [0.29, 0.717) is 5.56 Å². The Morgan fingerprint density at radius 1 is 0.882 bits per heavy atom. The molecule has 0 saturated carbocycles. The number of carbonyl (C=O) groups excluding carboxylic acids is 1. The number of ether oxygens (including phenoxy) is 1. The topological polar surface area (TPSA) is 66.9 Å². The van der Waals surface area contributed by atoms with Crippen molar-refractivity contribution in [3.05, 3.63) is 113 Å². The van der Waals surface area contributed by atoms with Gasteiger partial charge in [0.2, 0.25) is 10.0 Å². The maximum absolute atomic E-state index is 13.2. The molecule has 2 saturated heterocycles. The number of benzene rings is 3. The fraction of sp³-hybridized carbons (Fsp3) is 0.192. The summed E-state index contributed by atoms with van der Waals surface area (Å²) in [6.07, 6.45) is 0.982. The summed E-state index contributed by atoms with van der Waals surface area (Å²) < 4.78 is 47.0. The first kappa shape index (κ1) is 22.3. The summed E-state index contributed by atoms with van der Waals surface area (Å²) in [7, 11) is -3.80. The molecule has 2 fully saturated rings. The van der Waals surface area contributed by atoms with E-state index < -0.39 is 27.8 Å². The second kappa shape index (κ2) is 8.70. The zero-order valence-corrected chi connectivity index (χ0v) is 19.1. The highest BCUT2D eigenvalue weighted by molar-refractivity contribution is 7.92. The van der Waals surface area contributed by atoms with Gasteiger partial charge < -0.3 is 4.74 Å². The molecule has 34 heavy (non-hydrogen) atoms. The summed E-state index contributed by atoms with van der Waals surface area (Å²) in [6, 6.07) is 23.9. The first-order chi connectivity index (χ1) is 16.4. The van der Waals surface area contributed by atoms with Crippen LogP contribution in [0.1, 0.15) is 16.7 Å². The zero-order valence-electron chi connectivity index (χ0n) is 18.2. The average molecular weight is 479 g/mol. The lowest BCUT2D eigenvalue weighted by molar-refractivity contribution is 0.0580. The van der Waals surface area contributed by atoms with E-state index in [0.717, 1.165) is 16.5 Å². The van der Waals surface area contributed by atoms with Gasteiger partial charge in [0.25, 0.3) is 0 Å². The third-order valence-electron chi connectivity index (χ3n) is 6.36. The molecule has 0 spiro atoms. The maximum atomic E-state index is 13.2. The van der Waals surface area contributed by atoms with Crippen LogP contribution in [0.3, 0.4) is 0 Å². The Balaban J connectivity index is 1.51. The third-order valence-corrected chi connectivity index (χ3v) is 7.89. The first-order valence-electron chi connectivity index (χ1n) is 10.9. The molecule has 3 aromatic rings. The zero-order chi connectivity index (χ0) is 23.8. The van der Waals surface area contributed by atoms with Crippen LogP contribution in [0.2, 0.25) is 0 Å². The van der Waals surface area contributed by atoms with Crippen molar-refractivity contribution in [3.8, 4) is 0 Å². The minimum absolute atomic E-state index is 0.0750. The van der Waals surface area contributed by atoms with Crippen molar-refractivity contribution in [1.29, 1.82) is 0 Å². The molecule has 174 valence electrons. The molecule has 2 aliphatic heterocycles. The molecule has 2 heterocycles. The number of hydrogen-bond donors (Lipinski definition) is 0. The second-order valence-corrected chi connectivity index (χ2v) is 10.1. The van der Waals surface area contributed by atoms with Gasteiger partial charge in [0.05, 0.1) is 6.04 Å². The van der Waals surface area contributed by atoms with Gasteiger partial charge in [0.1, 0.15) is 5.82 Å². The number of rotatable bonds is 5. The lowest BCUT2D eigenvalue weighted by Gasteiger charge is -2.41. The molecule has 2 aliphatic rings. The monoisotopic (exact) mass is 478 g/mol. The number of carbonyl (C=O) groups is 1. The average Bonchev–Trinajstić information content (AvgIpc) is 3.17. The van der Waals surface area contributed by atoms with Gasteiger partial charge >= 0.3 is 6.09 Å².